The molecule has 0 bridgehead atoms. The molecule has 3 N–H and O–H groups in total. The molecular weight excluding hydrogens is 268 g/mol. The first-order valence-corrected chi connectivity index (χ1v) is 6.00. The Morgan fingerprint density at radius 2 is 1.85 bits per heavy atom. The predicted octanol–water partition coefficient (Wildman–Crippen LogP) is 1.59. The van der Waals surface area contributed by atoms with Crippen LogP contribution in [0.4, 0.5) is 20.2 Å². The molecule has 20 heavy (non-hydrogen) atoms. The van der Waals surface area contributed by atoms with Gasteiger partial charge in [-0.25, -0.2) is 8.78 Å². The highest BCUT2D eigenvalue weighted by Gasteiger charge is 2.18. The van der Waals surface area contributed by atoms with E-state index < -0.39 is 24.8 Å². The van der Waals surface area contributed by atoms with Crippen molar-refractivity contribution in [3.05, 3.63) is 24.3 Å². The minimum Gasteiger partial charge on any atom is -0.325 e. The summed E-state index contributed by atoms with van der Waals surface area (Å²) in [4.78, 5) is 24.1. The quantitative estimate of drug-likeness (QED) is 0.862. The fourth-order valence-corrected chi connectivity index (χ4v) is 1.48. The summed E-state index contributed by atoms with van der Waals surface area (Å²) in [7, 11) is 1.62. The smallest absolute Gasteiger partial charge is 0.241 e. The first-order valence-electron chi connectivity index (χ1n) is 6.00. The van der Waals surface area contributed by atoms with Crippen molar-refractivity contribution in [3.8, 4) is 0 Å². The van der Waals surface area contributed by atoms with Crippen molar-refractivity contribution in [1.29, 1.82) is 0 Å². The van der Waals surface area contributed by atoms with Crippen LogP contribution in [0.2, 0.25) is 0 Å². The van der Waals surface area contributed by atoms with Crippen LogP contribution in [0.1, 0.15) is 13.3 Å². The van der Waals surface area contributed by atoms with Crippen molar-refractivity contribution in [3.63, 3.8) is 0 Å². The normalized spacial score (nSPS) is 12.1. The van der Waals surface area contributed by atoms with E-state index in [1.54, 1.807) is 31.3 Å². The van der Waals surface area contributed by atoms with E-state index in [1.165, 1.54) is 11.8 Å². The second-order valence-corrected chi connectivity index (χ2v) is 4.35. The second kappa shape index (κ2) is 6.95. The standard InChI is InChI=1S/C13H17F2N3O2/c1-8(19)18(2)10-5-3-9(4-6-10)17-13(20)11(16)7-12(14)15/h3-6,11-12H,7,16H2,1-2H3,(H,17,20). The lowest BCUT2D eigenvalue weighted by Crippen LogP contribution is -2.37. The van der Waals surface area contributed by atoms with Crippen LogP contribution in [0.5, 0.6) is 0 Å². The predicted molar refractivity (Wildman–Crippen MR) is 72.8 cm³/mol. The number of benzene rings is 1. The van der Waals surface area contributed by atoms with Crippen molar-refractivity contribution in [2.24, 2.45) is 5.73 Å². The summed E-state index contributed by atoms with van der Waals surface area (Å²) in [5.41, 5.74) is 6.43. The zero-order chi connectivity index (χ0) is 15.3. The van der Waals surface area contributed by atoms with E-state index >= 15 is 0 Å². The number of anilines is 2. The van der Waals surface area contributed by atoms with E-state index in [2.05, 4.69) is 5.32 Å². The van der Waals surface area contributed by atoms with Gasteiger partial charge in [-0.1, -0.05) is 0 Å². The Balaban J connectivity index is 2.66. The van der Waals surface area contributed by atoms with Crippen LogP contribution in [-0.4, -0.2) is 31.3 Å². The van der Waals surface area contributed by atoms with Crippen LogP contribution in [0, 0.1) is 0 Å². The molecule has 1 aromatic rings. The molecule has 2 amide bonds. The molecular formula is C13H17F2N3O2. The lowest BCUT2D eigenvalue weighted by molar-refractivity contribution is -0.118. The minimum atomic E-state index is -2.62. The summed E-state index contributed by atoms with van der Waals surface area (Å²) < 4.78 is 24.2. The van der Waals surface area contributed by atoms with Gasteiger partial charge in [0.25, 0.3) is 0 Å². The molecule has 0 saturated heterocycles. The van der Waals surface area contributed by atoms with Gasteiger partial charge in [0.15, 0.2) is 0 Å². The summed E-state index contributed by atoms with van der Waals surface area (Å²) in [6.07, 6.45) is -3.31. The van der Waals surface area contributed by atoms with Gasteiger partial charge in [0, 0.05) is 31.8 Å². The van der Waals surface area contributed by atoms with Crippen LogP contribution in [0.15, 0.2) is 24.3 Å². The van der Waals surface area contributed by atoms with E-state index in [0.29, 0.717) is 11.4 Å². The zero-order valence-corrected chi connectivity index (χ0v) is 11.3. The van der Waals surface area contributed by atoms with Gasteiger partial charge in [-0.2, -0.15) is 0 Å². The van der Waals surface area contributed by atoms with E-state index in [4.69, 9.17) is 5.73 Å². The first kappa shape index (κ1) is 16.0. The highest BCUT2D eigenvalue weighted by molar-refractivity contribution is 5.95. The molecule has 1 rings (SSSR count). The summed E-state index contributed by atoms with van der Waals surface area (Å²) in [6, 6.07) is 5.16. The number of nitrogens with one attached hydrogen (secondary N) is 1. The molecule has 0 aliphatic rings. The number of hydrogen-bond acceptors (Lipinski definition) is 3. The monoisotopic (exact) mass is 285 g/mol. The van der Waals surface area contributed by atoms with Crippen molar-refractivity contribution < 1.29 is 18.4 Å². The third kappa shape index (κ3) is 4.58. The average Bonchev–Trinajstić information content (AvgIpc) is 2.37. The first-order chi connectivity index (χ1) is 9.31. The number of nitrogens with two attached hydrogens (primary N) is 1. The van der Waals surface area contributed by atoms with Gasteiger partial charge in [-0.05, 0) is 24.3 Å². The Labute approximate surface area is 115 Å². The molecule has 0 radical (unpaired) electrons. The Morgan fingerprint density at radius 1 is 1.30 bits per heavy atom. The van der Waals surface area contributed by atoms with E-state index in [1.807, 2.05) is 0 Å². The summed E-state index contributed by atoms with van der Waals surface area (Å²) in [6.45, 7) is 1.43. The largest absolute Gasteiger partial charge is 0.325 e. The highest BCUT2D eigenvalue weighted by atomic mass is 19.3. The van der Waals surface area contributed by atoms with E-state index in [9.17, 15) is 18.4 Å². The van der Waals surface area contributed by atoms with Crippen molar-refractivity contribution in [1.82, 2.24) is 0 Å². The fraction of sp³-hybridized carbons (Fsp3) is 0.385. The molecule has 0 heterocycles. The summed E-state index contributed by atoms with van der Waals surface area (Å²) >= 11 is 0. The maximum atomic E-state index is 12.1. The van der Waals surface area contributed by atoms with Gasteiger partial charge >= 0.3 is 0 Å². The topological polar surface area (TPSA) is 75.4 Å². The van der Waals surface area contributed by atoms with Gasteiger partial charge < -0.3 is 16.0 Å². The number of carbonyl (C=O) groups is 2. The highest BCUT2D eigenvalue weighted by Crippen LogP contribution is 2.17. The number of alkyl halides is 2. The number of halogens is 2. The van der Waals surface area contributed by atoms with E-state index in [-0.39, 0.29) is 5.91 Å². The molecule has 0 spiro atoms. The lowest BCUT2D eigenvalue weighted by atomic mass is 10.2. The van der Waals surface area contributed by atoms with E-state index in [0.717, 1.165) is 0 Å². The Bertz CT molecular complexity index is 477. The fourth-order valence-electron chi connectivity index (χ4n) is 1.48. The maximum absolute atomic E-state index is 12.1. The third-order valence-corrected chi connectivity index (χ3v) is 2.76. The molecule has 5 nitrogen and oxygen atoms in total. The summed E-state index contributed by atoms with van der Waals surface area (Å²) in [5.74, 6) is -0.793. The molecule has 110 valence electrons. The maximum Gasteiger partial charge on any atom is 0.241 e. The van der Waals surface area contributed by atoms with Gasteiger partial charge in [0.1, 0.15) is 0 Å². The second-order valence-electron chi connectivity index (χ2n) is 4.35. The number of hydrogen-bond donors (Lipinski definition) is 2. The van der Waals surface area contributed by atoms with Crippen LogP contribution in [0.25, 0.3) is 0 Å². The Kier molecular flexibility index (Phi) is 5.57. The van der Waals surface area contributed by atoms with Gasteiger partial charge in [-0.3, -0.25) is 9.59 Å². The van der Waals surface area contributed by atoms with Crippen molar-refractivity contribution in [2.75, 3.05) is 17.3 Å². The van der Waals surface area contributed by atoms with Gasteiger partial charge in [0.05, 0.1) is 6.04 Å². The molecule has 7 heteroatoms. The summed E-state index contributed by atoms with van der Waals surface area (Å²) in [5, 5.41) is 2.44. The SMILES string of the molecule is CC(=O)N(C)c1ccc(NC(=O)C(N)CC(F)F)cc1. The van der Waals surface area contributed by atoms with Crippen LogP contribution in [0.3, 0.4) is 0 Å². The van der Waals surface area contributed by atoms with Crippen LogP contribution >= 0.6 is 0 Å². The van der Waals surface area contributed by atoms with Crippen LogP contribution in [-0.2, 0) is 9.59 Å². The number of carbonyl (C=O) groups excluding carboxylic acids is 2. The van der Waals surface area contributed by atoms with Crippen molar-refractivity contribution >= 4 is 23.2 Å². The van der Waals surface area contributed by atoms with Gasteiger partial charge in [-0.15, -0.1) is 0 Å². The minimum absolute atomic E-state index is 0.124. The average molecular weight is 285 g/mol. The number of rotatable bonds is 5. The van der Waals surface area contributed by atoms with Crippen molar-refractivity contribution in [2.45, 2.75) is 25.8 Å². The van der Waals surface area contributed by atoms with Crippen LogP contribution < -0.4 is 16.0 Å². The third-order valence-electron chi connectivity index (χ3n) is 2.76. The Hall–Kier alpha value is -2.02. The molecule has 0 aliphatic heterocycles. The molecule has 0 saturated carbocycles. The van der Waals surface area contributed by atoms with Gasteiger partial charge in [0.2, 0.25) is 18.2 Å². The number of nitrogens with zero attached hydrogens (tertiary/aromatic N) is 1. The number of amides is 2. The molecule has 1 atom stereocenters. The molecule has 0 aliphatic carbocycles. The molecule has 0 aromatic heterocycles. The molecule has 0 fully saturated rings. The molecule has 1 unspecified atom stereocenters. The lowest BCUT2D eigenvalue weighted by Gasteiger charge is -2.16. The Morgan fingerprint density at radius 3 is 2.30 bits per heavy atom. The molecule has 1 aromatic carbocycles. The zero-order valence-electron chi connectivity index (χ0n) is 11.3.